The first-order valence-corrected chi connectivity index (χ1v) is 4.53. The van der Waals surface area contributed by atoms with Crippen LogP contribution >= 0.6 is 0 Å². The highest BCUT2D eigenvalue weighted by atomic mass is 16.5. The quantitative estimate of drug-likeness (QED) is 0.482. The Bertz CT molecular complexity index is 239. The Labute approximate surface area is 84.4 Å². The molecule has 0 amide bonds. The van der Waals surface area contributed by atoms with Gasteiger partial charge in [-0.25, -0.2) is 0 Å². The SMILES string of the molecule is COC(=O)C/C=C/C/C=C/CC(C)=O. The molecule has 0 unspecified atom stereocenters. The van der Waals surface area contributed by atoms with Gasteiger partial charge in [-0.2, -0.15) is 0 Å². The molecule has 0 aromatic heterocycles. The molecular weight excluding hydrogens is 180 g/mol. The fraction of sp³-hybridized carbons (Fsp3) is 0.455. The van der Waals surface area contributed by atoms with Crippen molar-refractivity contribution in [2.24, 2.45) is 0 Å². The van der Waals surface area contributed by atoms with Gasteiger partial charge in [0.1, 0.15) is 5.78 Å². The van der Waals surface area contributed by atoms with Crippen molar-refractivity contribution in [3.05, 3.63) is 24.3 Å². The molecule has 3 heteroatoms. The minimum absolute atomic E-state index is 0.153. The predicted molar refractivity (Wildman–Crippen MR) is 54.8 cm³/mol. The van der Waals surface area contributed by atoms with Gasteiger partial charge in [0.2, 0.25) is 0 Å². The van der Waals surface area contributed by atoms with Crippen molar-refractivity contribution in [3.8, 4) is 0 Å². The first kappa shape index (κ1) is 12.6. The Hall–Kier alpha value is -1.38. The van der Waals surface area contributed by atoms with Gasteiger partial charge in [0.25, 0.3) is 0 Å². The number of carbonyl (C=O) groups is 2. The zero-order valence-electron chi connectivity index (χ0n) is 8.66. The first-order valence-electron chi connectivity index (χ1n) is 4.53. The van der Waals surface area contributed by atoms with Crippen molar-refractivity contribution >= 4 is 11.8 Å². The van der Waals surface area contributed by atoms with Crippen LogP contribution in [0.25, 0.3) is 0 Å². The maximum absolute atomic E-state index is 10.7. The van der Waals surface area contributed by atoms with E-state index in [-0.39, 0.29) is 11.8 Å². The molecule has 0 bridgehead atoms. The van der Waals surface area contributed by atoms with Gasteiger partial charge in [-0.1, -0.05) is 24.3 Å². The molecule has 0 N–H and O–H groups in total. The van der Waals surface area contributed by atoms with Crippen molar-refractivity contribution < 1.29 is 14.3 Å². The van der Waals surface area contributed by atoms with Crippen LogP contribution in [-0.2, 0) is 14.3 Å². The number of ether oxygens (including phenoxy) is 1. The normalized spacial score (nSPS) is 11.0. The van der Waals surface area contributed by atoms with Crippen LogP contribution in [0.15, 0.2) is 24.3 Å². The molecule has 0 saturated heterocycles. The van der Waals surface area contributed by atoms with Gasteiger partial charge in [0.05, 0.1) is 13.5 Å². The van der Waals surface area contributed by atoms with Crippen LogP contribution in [-0.4, -0.2) is 18.9 Å². The van der Waals surface area contributed by atoms with Crippen molar-refractivity contribution in [1.82, 2.24) is 0 Å². The van der Waals surface area contributed by atoms with E-state index in [0.717, 1.165) is 6.42 Å². The second-order valence-electron chi connectivity index (χ2n) is 2.86. The molecule has 0 saturated carbocycles. The van der Waals surface area contributed by atoms with E-state index in [1.807, 2.05) is 18.2 Å². The Morgan fingerprint density at radius 3 is 2.14 bits per heavy atom. The summed E-state index contributed by atoms with van der Waals surface area (Å²) < 4.78 is 4.46. The van der Waals surface area contributed by atoms with E-state index in [9.17, 15) is 9.59 Å². The van der Waals surface area contributed by atoms with Crippen LogP contribution in [0, 0.1) is 0 Å². The van der Waals surface area contributed by atoms with Gasteiger partial charge >= 0.3 is 5.97 Å². The summed E-state index contributed by atoms with van der Waals surface area (Å²) in [5, 5.41) is 0. The minimum atomic E-state index is -0.242. The Kier molecular flexibility index (Phi) is 7.42. The first-order chi connectivity index (χ1) is 6.66. The highest BCUT2D eigenvalue weighted by Gasteiger charge is 1.92. The van der Waals surface area contributed by atoms with E-state index in [1.165, 1.54) is 7.11 Å². The van der Waals surface area contributed by atoms with Gasteiger partial charge in [-0.05, 0) is 13.3 Å². The summed E-state index contributed by atoms with van der Waals surface area (Å²) in [6.45, 7) is 1.55. The molecule has 0 fully saturated rings. The molecule has 78 valence electrons. The molecule has 0 spiro atoms. The second kappa shape index (κ2) is 8.23. The summed E-state index contributed by atoms with van der Waals surface area (Å²) in [5.41, 5.74) is 0. The molecule has 0 atom stereocenters. The number of carbonyl (C=O) groups excluding carboxylic acids is 2. The Balaban J connectivity index is 3.48. The average Bonchev–Trinajstić information content (AvgIpc) is 2.15. The molecule has 14 heavy (non-hydrogen) atoms. The molecule has 3 nitrogen and oxygen atoms in total. The predicted octanol–water partition coefficient (Wildman–Crippen LogP) is 2.03. The van der Waals surface area contributed by atoms with Gasteiger partial charge < -0.3 is 4.74 Å². The summed E-state index contributed by atoms with van der Waals surface area (Å²) in [4.78, 5) is 21.2. The number of esters is 1. The summed E-state index contributed by atoms with van der Waals surface area (Å²) >= 11 is 0. The third-order valence-corrected chi connectivity index (χ3v) is 1.52. The van der Waals surface area contributed by atoms with E-state index in [2.05, 4.69) is 4.74 Å². The highest BCUT2D eigenvalue weighted by Crippen LogP contribution is 1.93. The third kappa shape index (κ3) is 8.71. The van der Waals surface area contributed by atoms with Crippen LogP contribution < -0.4 is 0 Å². The maximum atomic E-state index is 10.7. The number of hydrogen-bond donors (Lipinski definition) is 0. The molecule has 0 aromatic rings. The standard InChI is InChI=1S/C11H16O3/c1-10(12)8-6-4-3-5-7-9-11(13)14-2/h4-7H,3,8-9H2,1-2H3/b6-4+,7-5+. The van der Waals surface area contributed by atoms with Crippen molar-refractivity contribution in [3.63, 3.8) is 0 Å². The Morgan fingerprint density at radius 1 is 1.07 bits per heavy atom. The number of rotatable bonds is 6. The number of allylic oxidation sites excluding steroid dienone is 3. The lowest BCUT2D eigenvalue weighted by Crippen LogP contribution is -1.96. The lowest BCUT2D eigenvalue weighted by molar-refractivity contribution is -0.139. The van der Waals surface area contributed by atoms with Gasteiger partial charge in [-0.3, -0.25) is 9.59 Å². The van der Waals surface area contributed by atoms with Crippen molar-refractivity contribution in [2.75, 3.05) is 7.11 Å². The van der Waals surface area contributed by atoms with Gasteiger partial charge in [-0.15, -0.1) is 0 Å². The molecule has 0 heterocycles. The number of ketones is 1. The van der Waals surface area contributed by atoms with Crippen LogP contribution in [0.4, 0.5) is 0 Å². The summed E-state index contributed by atoms with van der Waals surface area (Å²) in [5.74, 6) is -0.0891. The lowest BCUT2D eigenvalue weighted by atomic mass is 10.2. The van der Waals surface area contributed by atoms with Crippen LogP contribution in [0.2, 0.25) is 0 Å². The number of methoxy groups -OCH3 is 1. The van der Waals surface area contributed by atoms with E-state index in [4.69, 9.17) is 0 Å². The zero-order chi connectivity index (χ0) is 10.8. The smallest absolute Gasteiger partial charge is 0.309 e. The van der Waals surface area contributed by atoms with Gasteiger partial charge in [0.15, 0.2) is 0 Å². The summed E-state index contributed by atoms with van der Waals surface area (Å²) in [6, 6.07) is 0. The maximum Gasteiger partial charge on any atom is 0.309 e. The largest absolute Gasteiger partial charge is 0.469 e. The molecular formula is C11H16O3. The van der Waals surface area contributed by atoms with Gasteiger partial charge in [0, 0.05) is 6.42 Å². The molecule has 0 aliphatic rings. The summed E-state index contributed by atoms with van der Waals surface area (Å²) in [6.07, 6.45) is 8.86. The molecule has 0 aliphatic heterocycles. The fourth-order valence-electron chi connectivity index (χ4n) is 0.783. The second-order valence-corrected chi connectivity index (χ2v) is 2.86. The van der Waals surface area contributed by atoms with Crippen LogP contribution in [0.1, 0.15) is 26.2 Å². The number of Topliss-reactive ketones (excluding diaryl/α,β-unsaturated/α-hetero) is 1. The molecule has 0 aliphatic carbocycles. The van der Waals surface area contributed by atoms with Crippen molar-refractivity contribution in [2.45, 2.75) is 26.2 Å². The summed E-state index contributed by atoms with van der Waals surface area (Å²) in [7, 11) is 1.36. The topological polar surface area (TPSA) is 43.4 Å². The van der Waals surface area contributed by atoms with E-state index < -0.39 is 0 Å². The fourth-order valence-corrected chi connectivity index (χ4v) is 0.783. The Morgan fingerprint density at radius 2 is 1.64 bits per heavy atom. The molecule has 0 rings (SSSR count). The molecule has 0 aromatic carbocycles. The third-order valence-electron chi connectivity index (χ3n) is 1.52. The molecule has 0 radical (unpaired) electrons. The average molecular weight is 196 g/mol. The zero-order valence-corrected chi connectivity index (χ0v) is 8.66. The van der Waals surface area contributed by atoms with Crippen molar-refractivity contribution in [1.29, 1.82) is 0 Å². The van der Waals surface area contributed by atoms with Crippen LogP contribution in [0.3, 0.4) is 0 Å². The van der Waals surface area contributed by atoms with E-state index in [0.29, 0.717) is 12.8 Å². The lowest BCUT2D eigenvalue weighted by Gasteiger charge is -1.90. The van der Waals surface area contributed by atoms with Crippen LogP contribution in [0.5, 0.6) is 0 Å². The van der Waals surface area contributed by atoms with E-state index >= 15 is 0 Å². The number of hydrogen-bond acceptors (Lipinski definition) is 3. The monoisotopic (exact) mass is 196 g/mol. The highest BCUT2D eigenvalue weighted by molar-refractivity contribution is 5.76. The van der Waals surface area contributed by atoms with E-state index in [1.54, 1.807) is 13.0 Å². The minimum Gasteiger partial charge on any atom is -0.469 e.